The van der Waals surface area contributed by atoms with E-state index in [1.165, 1.54) is 0 Å². The Hall–Kier alpha value is -1.53. The zero-order valence-corrected chi connectivity index (χ0v) is 10.1. The van der Waals surface area contributed by atoms with Crippen LogP contribution in [-0.4, -0.2) is 37.0 Å². The molecule has 9 nitrogen and oxygen atoms in total. The van der Waals surface area contributed by atoms with Gasteiger partial charge in [0, 0.05) is 0 Å². The van der Waals surface area contributed by atoms with Crippen LogP contribution in [0.1, 0.15) is 10.4 Å². The smallest absolute Gasteiger partial charge is 0.413 e. The maximum atomic E-state index is 10.2. The summed E-state index contributed by atoms with van der Waals surface area (Å²) < 4.78 is 55.6. The molecule has 0 fully saturated rings. The third-order valence-electron chi connectivity index (χ3n) is 1.19. The Morgan fingerprint density at radius 2 is 1.33 bits per heavy atom. The Kier molecular flexibility index (Phi) is 5.87. The average Bonchev–Trinajstić information content (AvgIpc) is 2.14. The highest BCUT2D eigenvalue weighted by atomic mass is 32.3. The second kappa shape index (κ2) is 6.42. The summed E-state index contributed by atoms with van der Waals surface area (Å²) in [6.45, 7) is 0. The number of carbonyl (C=O) groups is 1. The van der Waals surface area contributed by atoms with E-state index in [-0.39, 0.29) is 0 Å². The molecule has 0 aliphatic carbocycles. The van der Waals surface area contributed by atoms with Crippen molar-refractivity contribution in [2.24, 2.45) is 0 Å². The van der Waals surface area contributed by atoms with Gasteiger partial charge in [0.2, 0.25) is 0 Å². The van der Waals surface area contributed by atoms with Gasteiger partial charge in [-0.15, -0.1) is 3.63 Å². The van der Waals surface area contributed by atoms with Crippen molar-refractivity contribution < 1.29 is 39.5 Å². The molecule has 0 amide bonds. The number of carboxylic acid groups (broad SMARTS) is 1. The predicted molar refractivity (Wildman–Crippen MR) is 57.6 cm³/mol. The van der Waals surface area contributed by atoms with Gasteiger partial charge in [-0.25, -0.2) is 4.79 Å². The predicted octanol–water partition coefficient (Wildman–Crippen LogP) is -0.00660. The molecule has 1 rings (SSSR count). The highest BCUT2D eigenvalue weighted by Crippen LogP contribution is 1.96. The lowest BCUT2D eigenvalue weighted by Crippen LogP contribution is -2.10. The van der Waals surface area contributed by atoms with Crippen LogP contribution in [0, 0.1) is 0 Å². The van der Waals surface area contributed by atoms with Gasteiger partial charge < -0.3 is 5.11 Å². The minimum absolute atomic E-state index is 0.331. The first-order valence-corrected chi connectivity index (χ1v) is 6.68. The van der Waals surface area contributed by atoms with Crippen LogP contribution in [-0.2, 0) is 24.4 Å². The third-order valence-corrected chi connectivity index (χ3v) is 2.57. The van der Waals surface area contributed by atoms with Crippen LogP contribution in [0.5, 0.6) is 0 Å². The summed E-state index contributed by atoms with van der Waals surface area (Å²) in [4.78, 5) is 10.2. The molecule has 0 unspecified atom stereocenters. The Labute approximate surface area is 103 Å². The second-order valence-corrected chi connectivity index (χ2v) is 4.85. The SMILES string of the molecule is O=C(O)c1ccccc1.O=S(=O)(O)OS(=O)(=O)O. The number of hydrogen-bond acceptors (Lipinski definition) is 6. The first kappa shape index (κ1) is 16.5. The molecule has 0 aromatic heterocycles. The molecule has 102 valence electrons. The Balaban J connectivity index is 0.000000321. The van der Waals surface area contributed by atoms with Crippen molar-refractivity contribution in [3.8, 4) is 0 Å². The summed E-state index contributed by atoms with van der Waals surface area (Å²) in [6, 6.07) is 8.30. The molecule has 11 heteroatoms. The fourth-order valence-electron chi connectivity index (χ4n) is 0.689. The molecule has 0 spiro atoms. The number of rotatable bonds is 3. The minimum Gasteiger partial charge on any atom is -0.478 e. The zero-order chi connectivity index (χ0) is 14.4. The van der Waals surface area contributed by atoms with E-state index < -0.39 is 26.8 Å². The molecule has 0 aliphatic heterocycles. The van der Waals surface area contributed by atoms with E-state index in [4.69, 9.17) is 14.2 Å². The van der Waals surface area contributed by atoms with Crippen LogP contribution in [0.2, 0.25) is 0 Å². The first-order chi connectivity index (χ1) is 8.01. The molecule has 0 saturated carbocycles. The van der Waals surface area contributed by atoms with E-state index in [2.05, 4.69) is 3.63 Å². The maximum absolute atomic E-state index is 10.2. The molecule has 1 aromatic rings. The van der Waals surface area contributed by atoms with Gasteiger partial charge in [0.15, 0.2) is 0 Å². The largest absolute Gasteiger partial charge is 0.478 e. The van der Waals surface area contributed by atoms with E-state index in [0.717, 1.165) is 0 Å². The average molecular weight is 300 g/mol. The Morgan fingerprint density at radius 3 is 1.50 bits per heavy atom. The fourth-order valence-corrected chi connectivity index (χ4v) is 1.56. The van der Waals surface area contributed by atoms with Crippen LogP contribution in [0.3, 0.4) is 0 Å². The van der Waals surface area contributed by atoms with E-state index >= 15 is 0 Å². The Morgan fingerprint density at radius 1 is 0.944 bits per heavy atom. The van der Waals surface area contributed by atoms with E-state index in [0.29, 0.717) is 5.56 Å². The van der Waals surface area contributed by atoms with E-state index in [9.17, 15) is 21.6 Å². The molecule has 0 heterocycles. The van der Waals surface area contributed by atoms with Gasteiger partial charge in [0.1, 0.15) is 0 Å². The topological polar surface area (TPSA) is 155 Å². The van der Waals surface area contributed by atoms with Crippen molar-refractivity contribution >= 4 is 26.8 Å². The van der Waals surface area contributed by atoms with Gasteiger partial charge in [0.05, 0.1) is 5.56 Å². The summed E-state index contributed by atoms with van der Waals surface area (Å²) >= 11 is 0. The molecule has 0 bridgehead atoms. The van der Waals surface area contributed by atoms with Crippen LogP contribution in [0.4, 0.5) is 0 Å². The lowest BCUT2D eigenvalue weighted by molar-refractivity contribution is 0.0696. The number of benzene rings is 1. The molecule has 0 saturated heterocycles. The van der Waals surface area contributed by atoms with Crippen LogP contribution in [0.25, 0.3) is 0 Å². The third kappa shape index (κ3) is 9.68. The summed E-state index contributed by atoms with van der Waals surface area (Å²) in [5.74, 6) is -0.879. The summed E-state index contributed by atoms with van der Waals surface area (Å²) in [6.07, 6.45) is 0. The van der Waals surface area contributed by atoms with Crippen molar-refractivity contribution in [1.29, 1.82) is 0 Å². The van der Waals surface area contributed by atoms with Gasteiger partial charge in [-0.05, 0) is 12.1 Å². The van der Waals surface area contributed by atoms with Crippen LogP contribution < -0.4 is 0 Å². The normalized spacial score (nSPS) is 11.2. The fraction of sp³-hybridized carbons (Fsp3) is 0. The zero-order valence-electron chi connectivity index (χ0n) is 8.49. The van der Waals surface area contributed by atoms with E-state index in [1.54, 1.807) is 30.3 Å². The van der Waals surface area contributed by atoms with Gasteiger partial charge in [0.25, 0.3) is 0 Å². The van der Waals surface area contributed by atoms with Gasteiger partial charge in [-0.1, -0.05) is 18.2 Å². The van der Waals surface area contributed by atoms with Gasteiger partial charge in [-0.2, -0.15) is 16.8 Å². The summed E-state index contributed by atoms with van der Waals surface area (Å²) in [5.41, 5.74) is 0.331. The first-order valence-electron chi connectivity index (χ1n) is 3.95. The van der Waals surface area contributed by atoms with E-state index in [1.807, 2.05) is 0 Å². The molecule has 0 radical (unpaired) electrons. The van der Waals surface area contributed by atoms with Crippen LogP contribution in [0.15, 0.2) is 30.3 Å². The van der Waals surface area contributed by atoms with Gasteiger partial charge in [-0.3, -0.25) is 9.11 Å². The quantitative estimate of drug-likeness (QED) is 0.653. The second-order valence-electron chi connectivity index (χ2n) is 2.59. The van der Waals surface area contributed by atoms with Gasteiger partial charge >= 0.3 is 26.8 Å². The lowest BCUT2D eigenvalue weighted by atomic mass is 10.2. The highest BCUT2D eigenvalue weighted by Gasteiger charge is 2.15. The Bertz CT molecular complexity index is 557. The minimum atomic E-state index is -5.12. The molecule has 3 N–H and O–H groups in total. The molecule has 0 atom stereocenters. The number of carboxylic acids is 1. The standard InChI is InChI=1S/C7H6O2.H2O7S2/c8-7(9)6-4-2-1-3-5-6;1-8(2,3)7-9(4,5)6/h1-5H,(H,8,9);(H,1,2,3)(H,4,5,6). The van der Waals surface area contributed by atoms with Crippen molar-refractivity contribution in [3.05, 3.63) is 35.9 Å². The summed E-state index contributed by atoms with van der Waals surface area (Å²) in [5, 5.41) is 8.38. The molecular formula is C7H8O9S2. The molecular weight excluding hydrogens is 292 g/mol. The summed E-state index contributed by atoms with van der Waals surface area (Å²) in [7, 11) is -10.2. The number of aromatic carboxylic acids is 1. The monoisotopic (exact) mass is 300 g/mol. The molecule has 1 aromatic carbocycles. The van der Waals surface area contributed by atoms with Crippen LogP contribution >= 0.6 is 0 Å². The maximum Gasteiger partial charge on any atom is 0.413 e. The highest BCUT2D eigenvalue weighted by molar-refractivity contribution is 7.94. The van der Waals surface area contributed by atoms with Crippen molar-refractivity contribution in [1.82, 2.24) is 0 Å². The molecule has 0 aliphatic rings. The molecule has 18 heavy (non-hydrogen) atoms. The van der Waals surface area contributed by atoms with Crippen molar-refractivity contribution in [2.45, 2.75) is 0 Å². The van der Waals surface area contributed by atoms with Crippen molar-refractivity contribution in [3.63, 3.8) is 0 Å². The number of hydrogen-bond donors (Lipinski definition) is 3. The lowest BCUT2D eigenvalue weighted by Gasteiger charge is -1.89. The van der Waals surface area contributed by atoms with Crippen molar-refractivity contribution in [2.75, 3.05) is 0 Å².